The molecule has 1 unspecified atom stereocenters. The first-order valence-electron chi connectivity index (χ1n) is 6.16. The van der Waals surface area contributed by atoms with Crippen molar-refractivity contribution in [2.75, 3.05) is 39.3 Å². The number of nitrogens with zero attached hydrogens (tertiary/aromatic N) is 2. The lowest BCUT2D eigenvalue weighted by Gasteiger charge is -2.38. The summed E-state index contributed by atoms with van der Waals surface area (Å²) in [6.07, 6.45) is 0. The van der Waals surface area contributed by atoms with Crippen molar-refractivity contribution in [3.8, 4) is 0 Å². The summed E-state index contributed by atoms with van der Waals surface area (Å²) in [7, 11) is 0. The van der Waals surface area contributed by atoms with Gasteiger partial charge in [0.2, 0.25) is 0 Å². The molecule has 96 valence electrons. The minimum absolute atomic E-state index is 0.394. The van der Waals surface area contributed by atoms with E-state index < -0.39 is 0 Å². The molecule has 0 saturated carbocycles. The number of halogens is 1. The molecule has 3 nitrogen and oxygen atoms in total. The molecule has 1 aliphatic heterocycles. The van der Waals surface area contributed by atoms with Gasteiger partial charge in [0, 0.05) is 37.6 Å². The van der Waals surface area contributed by atoms with E-state index in [0.29, 0.717) is 12.6 Å². The van der Waals surface area contributed by atoms with Crippen molar-refractivity contribution < 1.29 is 0 Å². The maximum atomic E-state index is 5.95. The smallest absolute Gasteiger partial charge is 0.0702 e. The molecule has 2 rings (SSSR count). The lowest BCUT2D eigenvalue weighted by molar-refractivity contribution is 0.103. The van der Waals surface area contributed by atoms with Crippen molar-refractivity contribution in [2.24, 2.45) is 5.73 Å². The van der Waals surface area contributed by atoms with Crippen LogP contribution >= 0.6 is 27.3 Å². The molecule has 1 aliphatic rings. The molecule has 0 radical (unpaired) electrons. The third kappa shape index (κ3) is 3.29. The van der Waals surface area contributed by atoms with Crippen LogP contribution in [0.15, 0.2) is 15.9 Å². The Labute approximate surface area is 116 Å². The Morgan fingerprint density at radius 2 is 2.06 bits per heavy atom. The molecule has 1 saturated heterocycles. The highest BCUT2D eigenvalue weighted by atomic mass is 79.9. The minimum Gasteiger partial charge on any atom is -0.329 e. The van der Waals surface area contributed by atoms with Gasteiger partial charge in [0.1, 0.15) is 0 Å². The standard InChI is InChI=1S/C12H20BrN3S/c1-2-15-5-7-16(8-6-15)10(9-14)11-3-4-12(13)17-11/h3-4,10H,2,5-9,14H2,1H3. The first-order chi connectivity index (χ1) is 8.24. The second kappa shape index (κ2) is 6.29. The third-order valence-electron chi connectivity index (χ3n) is 3.44. The maximum absolute atomic E-state index is 5.95. The summed E-state index contributed by atoms with van der Waals surface area (Å²) < 4.78 is 1.19. The van der Waals surface area contributed by atoms with Gasteiger partial charge in [-0.3, -0.25) is 4.90 Å². The molecular weight excluding hydrogens is 298 g/mol. The fourth-order valence-corrected chi connectivity index (χ4v) is 3.92. The molecule has 1 aromatic rings. The highest BCUT2D eigenvalue weighted by Crippen LogP contribution is 2.30. The van der Waals surface area contributed by atoms with Crippen LogP contribution in [0.25, 0.3) is 0 Å². The molecule has 17 heavy (non-hydrogen) atoms. The lowest BCUT2D eigenvalue weighted by atomic mass is 10.1. The molecule has 0 bridgehead atoms. The molecule has 5 heteroatoms. The van der Waals surface area contributed by atoms with Crippen LogP contribution in [0.4, 0.5) is 0 Å². The van der Waals surface area contributed by atoms with Gasteiger partial charge in [-0.1, -0.05) is 6.92 Å². The summed E-state index contributed by atoms with van der Waals surface area (Å²) in [4.78, 5) is 6.39. The van der Waals surface area contributed by atoms with Gasteiger partial charge in [-0.15, -0.1) is 11.3 Å². The second-order valence-electron chi connectivity index (χ2n) is 4.36. The van der Waals surface area contributed by atoms with Crippen LogP contribution in [0.2, 0.25) is 0 Å². The van der Waals surface area contributed by atoms with Gasteiger partial charge in [-0.2, -0.15) is 0 Å². The molecule has 0 aliphatic carbocycles. The van der Waals surface area contributed by atoms with Crippen LogP contribution in [-0.2, 0) is 0 Å². The van der Waals surface area contributed by atoms with E-state index in [-0.39, 0.29) is 0 Å². The second-order valence-corrected chi connectivity index (χ2v) is 6.86. The average Bonchev–Trinajstić information content (AvgIpc) is 2.78. The Balaban J connectivity index is 2.00. The predicted molar refractivity (Wildman–Crippen MR) is 77.5 cm³/mol. The van der Waals surface area contributed by atoms with Crippen molar-refractivity contribution >= 4 is 27.3 Å². The van der Waals surface area contributed by atoms with Crippen molar-refractivity contribution in [1.29, 1.82) is 0 Å². The van der Waals surface area contributed by atoms with Gasteiger partial charge >= 0.3 is 0 Å². The molecule has 2 heterocycles. The summed E-state index contributed by atoms with van der Waals surface area (Å²) in [5, 5.41) is 0. The van der Waals surface area contributed by atoms with E-state index >= 15 is 0 Å². The monoisotopic (exact) mass is 317 g/mol. The number of piperazine rings is 1. The van der Waals surface area contributed by atoms with Gasteiger partial charge in [0.25, 0.3) is 0 Å². The van der Waals surface area contributed by atoms with Gasteiger partial charge in [-0.25, -0.2) is 0 Å². The zero-order valence-electron chi connectivity index (χ0n) is 10.2. The molecule has 1 aromatic heterocycles. The number of hydrogen-bond donors (Lipinski definition) is 1. The number of thiophene rings is 1. The van der Waals surface area contributed by atoms with E-state index in [1.54, 1.807) is 11.3 Å². The zero-order valence-corrected chi connectivity index (χ0v) is 12.6. The van der Waals surface area contributed by atoms with E-state index in [4.69, 9.17) is 5.73 Å². The molecule has 0 aromatic carbocycles. The van der Waals surface area contributed by atoms with E-state index in [9.17, 15) is 0 Å². The summed E-state index contributed by atoms with van der Waals surface area (Å²) in [5.74, 6) is 0. The first kappa shape index (κ1) is 13.5. The van der Waals surface area contributed by atoms with E-state index in [0.717, 1.165) is 19.6 Å². The SMILES string of the molecule is CCN1CCN(C(CN)c2ccc(Br)s2)CC1. The molecule has 1 fully saturated rings. The Kier molecular flexibility index (Phi) is 4.99. The normalized spacial score (nSPS) is 20.6. The molecule has 2 N–H and O–H groups in total. The number of rotatable bonds is 4. The van der Waals surface area contributed by atoms with Gasteiger partial charge in [0.15, 0.2) is 0 Å². The topological polar surface area (TPSA) is 32.5 Å². The van der Waals surface area contributed by atoms with Crippen LogP contribution in [0.1, 0.15) is 17.8 Å². The van der Waals surface area contributed by atoms with E-state index in [2.05, 4.69) is 44.8 Å². The van der Waals surface area contributed by atoms with Crippen LogP contribution in [0.3, 0.4) is 0 Å². The van der Waals surface area contributed by atoms with Crippen molar-refractivity contribution in [1.82, 2.24) is 9.80 Å². The third-order valence-corrected chi connectivity index (χ3v) is 5.17. The minimum atomic E-state index is 0.394. The highest BCUT2D eigenvalue weighted by molar-refractivity contribution is 9.11. The average molecular weight is 318 g/mol. The van der Waals surface area contributed by atoms with E-state index in [1.807, 2.05) is 0 Å². The van der Waals surface area contributed by atoms with Crippen LogP contribution in [0, 0.1) is 0 Å². The van der Waals surface area contributed by atoms with Gasteiger partial charge in [-0.05, 0) is 34.6 Å². The zero-order chi connectivity index (χ0) is 12.3. The van der Waals surface area contributed by atoms with Crippen LogP contribution in [0.5, 0.6) is 0 Å². The number of hydrogen-bond acceptors (Lipinski definition) is 4. The summed E-state index contributed by atoms with van der Waals surface area (Å²) in [6.45, 7) is 8.69. The number of nitrogens with two attached hydrogens (primary N) is 1. The molecule has 0 spiro atoms. The Hall–Kier alpha value is 0.0600. The Morgan fingerprint density at radius 3 is 2.53 bits per heavy atom. The first-order valence-corrected chi connectivity index (χ1v) is 7.77. The quantitative estimate of drug-likeness (QED) is 0.923. The van der Waals surface area contributed by atoms with Gasteiger partial charge in [0.05, 0.1) is 9.83 Å². The van der Waals surface area contributed by atoms with Crippen molar-refractivity contribution in [2.45, 2.75) is 13.0 Å². The Morgan fingerprint density at radius 1 is 1.35 bits per heavy atom. The van der Waals surface area contributed by atoms with Gasteiger partial charge < -0.3 is 10.6 Å². The fraction of sp³-hybridized carbons (Fsp3) is 0.667. The summed E-state index contributed by atoms with van der Waals surface area (Å²) in [5.41, 5.74) is 5.95. The fourth-order valence-electron chi connectivity index (χ4n) is 2.34. The molecule has 0 amide bonds. The van der Waals surface area contributed by atoms with Crippen molar-refractivity contribution in [3.63, 3.8) is 0 Å². The predicted octanol–water partition coefficient (Wildman–Crippen LogP) is 2.15. The summed E-state index contributed by atoms with van der Waals surface area (Å²) in [6, 6.07) is 4.70. The number of likely N-dealkylation sites (N-methyl/N-ethyl adjacent to an activating group) is 1. The molecular formula is C12H20BrN3S. The lowest BCUT2D eigenvalue weighted by Crippen LogP contribution is -2.48. The Bertz CT molecular complexity index is 347. The van der Waals surface area contributed by atoms with Crippen molar-refractivity contribution in [3.05, 3.63) is 20.8 Å². The van der Waals surface area contributed by atoms with E-state index in [1.165, 1.54) is 21.8 Å². The van der Waals surface area contributed by atoms with Crippen LogP contribution in [-0.4, -0.2) is 49.1 Å². The summed E-state index contributed by atoms with van der Waals surface area (Å²) >= 11 is 5.33. The van der Waals surface area contributed by atoms with Crippen LogP contribution < -0.4 is 5.73 Å². The molecule has 1 atom stereocenters. The maximum Gasteiger partial charge on any atom is 0.0702 e. The highest BCUT2D eigenvalue weighted by Gasteiger charge is 2.24. The largest absolute Gasteiger partial charge is 0.329 e.